The lowest BCUT2D eigenvalue weighted by Crippen LogP contribution is -2.47. The van der Waals surface area contributed by atoms with Gasteiger partial charge in [0.1, 0.15) is 9.88 Å². The third kappa shape index (κ3) is 4.68. The normalized spacial score (nSPS) is 15.1. The highest BCUT2D eigenvalue weighted by Crippen LogP contribution is 2.34. The first-order valence-corrected chi connectivity index (χ1v) is 11.4. The fourth-order valence-electron chi connectivity index (χ4n) is 3.32. The molecule has 1 fully saturated rings. The number of rotatable bonds is 5. The summed E-state index contributed by atoms with van der Waals surface area (Å²) in [6, 6.07) is 10.9. The molecule has 7 nitrogen and oxygen atoms in total. The number of para-hydroxylation sites is 1. The Morgan fingerprint density at radius 1 is 1.10 bits per heavy atom. The quantitative estimate of drug-likeness (QED) is 0.572. The maximum absolute atomic E-state index is 12.4. The number of imide groups is 1. The second-order valence-corrected chi connectivity index (χ2v) is 9.26. The average molecular weight is 444 g/mol. The van der Waals surface area contributed by atoms with Crippen molar-refractivity contribution in [3.8, 4) is 9.88 Å². The van der Waals surface area contributed by atoms with Gasteiger partial charge in [-0.1, -0.05) is 25.0 Å². The van der Waals surface area contributed by atoms with Crippen molar-refractivity contribution in [3.63, 3.8) is 0 Å². The Hall–Kier alpha value is -2.78. The molecule has 2 N–H and O–H groups in total. The van der Waals surface area contributed by atoms with Crippen molar-refractivity contribution in [2.75, 3.05) is 0 Å². The lowest BCUT2D eigenvalue weighted by molar-refractivity contribution is -0.127. The van der Waals surface area contributed by atoms with E-state index in [9.17, 15) is 14.4 Å². The van der Waals surface area contributed by atoms with Crippen LogP contribution in [0.3, 0.4) is 0 Å². The SMILES string of the molecule is CC(OC(=O)c1ccc(-c2nc3ccccc3s2)s1)C(=O)NC(=O)NC1CCCC1. The standard InChI is InChI=1S/C21H21N3O4S2/c1-12(18(25)24-21(27)22-13-6-2-3-7-13)28-20(26)17-11-10-16(29-17)19-23-14-8-4-5-9-15(14)30-19/h4-5,8-13H,2-3,6-7H2,1H3,(H2,22,24,25,27). The number of nitrogens with one attached hydrogen (secondary N) is 2. The first-order valence-electron chi connectivity index (χ1n) is 9.78. The molecule has 0 bridgehead atoms. The molecule has 2 aromatic heterocycles. The van der Waals surface area contributed by atoms with Gasteiger partial charge in [-0.05, 0) is 44.0 Å². The Labute approximate surface area is 181 Å². The Morgan fingerprint density at radius 3 is 2.63 bits per heavy atom. The Kier molecular flexibility index (Phi) is 6.10. The number of nitrogens with zero attached hydrogens (tertiary/aromatic N) is 1. The van der Waals surface area contributed by atoms with Gasteiger partial charge in [-0.15, -0.1) is 22.7 Å². The van der Waals surface area contributed by atoms with Crippen molar-refractivity contribution >= 4 is 50.8 Å². The maximum atomic E-state index is 12.4. The number of thiophene rings is 1. The third-order valence-corrected chi connectivity index (χ3v) is 7.16. The molecule has 1 aliphatic rings. The zero-order chi connectivity index (χ0) is 21.1. The number of hydrogen-bond donors (Lipinski definition) is 2. The summed E-state index contributed by atoms with van der Waals surface area (Å²) in [5.74, 6) is -1.26. The topological polar surface area (TPSA) is 97.4 Å². The summed E-state index contributed by atoms with van der Waals surface area (Å²) >= 11 is 2.81. The number of aromatic nitrogens is 1. The van der Waals surface area contributed by atoms with Gasteiger partial charge in [-0.3, -0.25) is 10.1 Å². The van der Waals surface area contributed by atoms with E-state index < -0.39 is 24.0 Å². The third-order valence-electron chi connectivity index (χ3n) is 4.89. The monoisotopic (exact) mass is 443 g/mol. The van der Waals surface area contributed by atoms with E-state index in [4.69, 9.17) is 4.74 Å². The van der Waals surface area contributed by atoms with Gasteiger partial charge in [0.2, 0.25) is 0 Å². The molecule has 30 heavy (non-hydrogen) atoms. The lowest BCUT2D eigenvalue weighted by atomic mass is 10.2. The van der Waals surface area contributed by atoms with Crippen molar-refractivity contribution in [1.29, 1.82) is 0 Å². The van der Waals surface area contributed by atoms with Crippen molar-refractivity contribution in [1.82, 2.24) is 15.6 Å². The minimum absolute atomic E-state index is 0.0997. The predicted molar refractivity (Wildman–Crippen MR) is 117 cm³/mol. The molecule has 3 aromatic rings. The van der Waals surface area contributed by atoms with Crippen LogP contribution in [0.4, 0.5) is 4.79 Å². The molecular formula is C21H21N3O4S2. The lowest BCUT2D eigenvalue weighted by Gasteiger charge is -2.15. The smallest absolute Gasteiger partial charge is 0.349 e. The van der Waals surface area contributed by atoms with Crippen LogP contribution < -0.4 is 10.6 Å². The summed E-state index contributed by atoms with van der Waals surface area (Å²) in [5.41, 5.74) is 0.913. The molecular weight excluding hydrogens is 422 g/mol. The van der Waals surface area contributed by atoms with Crippen LogP contribution in [0, 0.1) is 0 Å². The van der Waals surface area contributed by atoms with E-state index in [-0.39, 0.29) is 6.04 Å². The highest BCUT2D eigenvalue weighted by Gasteiger charge is 2.24. The van der Waals surface area contributed by atoms with Gasteiger partial charge in [-0.2, -0.15) is 0 Å². The highest BCUT2D eigenvalue weighted by atomic mass is 32.1. The van der Waals surface area contributed by atoms with E-state index in [1.54, 1.807) is 17.4 Å². The van der Waals surface area contributed by atoms with E-state index >= 15 is 0 Å². The van der Waals surface area contributed by atoms with Gasteiger partial charge in [0, 0.05) is 6.04 Å². The number of carbonyl (C=O) groups is 3. The first-order chi connectivity index (χ1) is 14.5. The zero-order valence-corrected chi connectivity index (χ0v) is 18.0. The van der Waals surface area contributed by atoms with Crippen LogP contribution in [0.5, 0.6) is 0 Å². The summed E-state index contributed by atoms with van der Waals surface area (Å²) in [5, 5.41) is 5.83. The fraction of sp³-hybridized carbons (Fsp3) is 0.333. The average Bonchev–Trinajstić information content (AvgIpc) is 3.47. The molecule has 1 aliphatic carbocycles. The zero-order valence-electron chi connectivity index (χ0n) is 16.3. The van der Waals surface area contributed by atoms with Crippen molar-refractivity contribution < 1.29 is 19.1 Å². The van der Waals surface area contributed by atoms with Crippen LogP contribution in [0.2, 0.25) is 0 Å². The Morgan fingerprint density at radius 2 is 1.87 bits per heavy atom. The number of carbonyl (C=O) groups excluding carboxylic acids is 3. The highest BCUT2D eigenvalue weighted by molar-refractivity contribution is 7.26. The number of urea groups is 1. The Bertz CT molecular complexity index is 1050. The minimum Gasteiger partial charge on any atom is -0.448 e. The van der Waals surface area contributed by atoms with Crippen molar-refractivity contribution in [2.45, 2.75) is 44.8 Å². The molecule has 1 unspecified atom stereocenters. The molecule has 1 saturated carbocycles. The second kappa shape index (κ2) is 8.93. The van der Waals surface area contributed by atoms with Crippen LogP contribution in [0.15, 0.2) is 36.4 Å². The molecule has 1 aromatic carbocycles. The fourth-order valence-corrected chi connectivity index (χ4v) is 5.23. The number of benzene rings is 1. The Balaban J connectivity index is 1.34. The van der Waals surface area contributed by atoms with E-state index in [0.29, 0.717) is 4.88 Å². The molecule has 0 radical (unpaired) electrons. The van der Waals surface area contributed by atoms with E-state index in [0.717, 1.165) is 45.8 Å². The van der Waals surface area contributed by atoms with Gasteiger partial charge in [0.15, 0.2) is 6.10 Å². The summed E-state index contributed by atoms with van der Waals surface area (Å²) in [6.07, 6.45) is 2.91. The summed E-state index contributed by atoms with van der Waals surface area (Å²) in [7, 11) is 0. The van der Waals surface area contributed by atoms with Crippen LogP contribution in [0.1, 0.15) is 42.3 Å². The van der Waals surface area contributed by atoms with Gasteiger partial charge < -0.3 is 10.1 Å². The maximum Gasteiger partial charge on any atom is 0.349 e. The van der Waals surface area contributed by atoms with E-state index in [2.05, 4.69) is 15.6 Å². The van der Waals surface area contributed by atoms with E-state index in [1.165, 1.54) is 18.3 Å². The largest absolute Gasteiger partial charge is 0.448 e. The molecule has 9 heteroatoms. The predicted octanol–water partition coefficient (Wildman–Crippen LogP) is 4.34. The number of ether oxygens (including phenoxy) is 1. The number of hydrogen-bond acceptors (Lipinski definition) is 7. The van der Waals surface area contributed by atoms with Crippen molar-refractivity contribution in [3.05, 3.63) is 41.3 Å². The van der Waals surface area contributed by atoms with Crippen molar-refractivity contribution in [2.24, 2.45) is 0 Å². The number of thiazole rings is 1. The minimum atomic E-state index is -1.08. The molecule has 3 amide bonds. The molecule has 0 spiro atoms. The second-order valence-electron chi connectivity index (χ2n) is 7.14. The molecule has 0 aliphatic heterocycles. The molecule has 0 saturated heterocycles. The number of fused-ring (bicyclic) bond motifs is 1. The van der Waals surface area contributed by atoms with Gasteiger partial charge >= 0.3 is 12.0 Å². The molecule has 156 valence electrons. The molecule has 1 atom stereocenters. The molecule has 2 heterocycles. The van der Waals surface area contributed by atoms with E-state index in [1.807, 2.05) is 30.3 Å². The van der Waals surface area contributed by atoms with Gasteiger partial charge in [-0.25, -0.2) is 14.6 Å². The summed E-state index contributed by atoms with van der Waals surface area (Å²) < 4.78 is 6.31. The van der Waals surface area contributed by atoms with Crippen LogP contribution >= 0.6 is 22.7 Å². The van der Waals surface area contributed by atoms with Gasteiger partial charge in [0.25, 0.3) is 5.91 Å². The number of esters is 1. The van der Waals surface area contributed by atoms with Crippen LogP contribution in [-0.2, 0) is 9.53 Å². The van der Waals surface area contributed by atoms with Crippen LogP contribution in [0.25, 0.3) is 20.1 Å². The number of amides is 3. The summed E-state index contributed by atoms with van der Waals surface area (Å²) in [4.78, 5) is 42.3. The first kappa shape index (κ1) is 20.5. The van der Waals surface area contributed by atoms with Crippen LogP contribution in [-0.4, -0.2) is 35.0 Å². The molecule has 4 rings (SSSR count). The summed E-state index contributed by atoms with van der Waals surface area (Å²) in [6.45, 7) is 1.44. The van der Waals surface area contributed by atoms with Gasteiger partial charge in [0.05, 0.1) is 15.1 Å².